The number of methoxy groups -OCH3 is 1. The Hall–Kier alpha value is -3.46. The zero-order valence-corrected chi connectivity index (χ0v) is 17.2. The lowest BCUT2D eigenvalue weighted by molar-refractivity contribution is 0.100. The zero-order valence-electron chi connectivity index (χ0n) is 17.2. The van der Waals surface area contributed by atoms with Gasteiger partial charge in [-0.25, -0.2) is 14.4 Å². The van der Waals surface area contributed by atoms with Gasteiger partial charge in [-0.05, 0) is 48.6 Å². The quantitative estimate of drug-likeness (QED) is 0.478. The van der Waals surface area contributed by atoms with E-state index < -0.39 is 11.7 Å². The molecule has 8 nitrogen and oxygen atoms in total. The summed E-state index contributed by atoms with van der Waals surface area (Å²) in [6.45, 7) is 0. The van der Waals surface area contributed by atoms with Crippen LogP contribution >= 0.6 is 0 Å². The molecule has 1 fully saturated rings. The third-order valence-corrected chi connectivity index (χ3v) is 5.57. The largest absolute Gasteiger partial charge is 0.481 e. The number of amides is 1. The van der Waals surface area contributed by atoms with Crippen molar-refractivity contribution in [2.45, 2.75) is 37.8 Å². The van der Waals surface area contributed by atoms with Gasteiger partial charge in [-0.15, -0.1) is 0 Å². The first-order chi connectivity index (χ1) is 15.0. The number of carbonyl (C=O) groups is 1. The second-order valence-corrected chi connectivity index (χ2v) is 7.66. The number of rotatable bonds is 6. The van der Waals surface area contributed by atoms with Crippen molar-refractivity contribution in [1.29, 1.82) is 0 Å². The number of nitrogens with two attached hydrogens (primary N) is 2. The van der Waals surface area contributed by atoms with E-state index in [1.165, 1.54) is 0 Å². The summed E-state index contributed by atoms with van der Waals surface area (Å²) < 4.78 is 20.0. The molecule has 1 aliphatic rings. The number of benzene rings is 1. The molecule has 2 aromatic heterocycles. The van der Waals surface area contributed by atoms with Crippen molar-refractivity contribution in [1.82, 2.24) is 9.97 Å². The maximum absolute atomic E-state index is 14.7. The Balaban J connectivity index is 1.67. The number of nitrogens with zero attached hydrogens (tertiary/aromatic N) is 2. The van der Waals surface area contributed by atoms with Gasteiger partial charge in [0.25, 0.3) is 5.91 Å². The third kappa shape index (κ3) is 4.36. The molecule has 1 aromatic carbocycles. The van der Waals surface area contributed by atoms with E-state index in [4.69, 9.17) is 16.2 Å². The summed E-state index contributed by atoms with van der Waals surface area (Å²) >= 11 is 0. The van der Waals surface area contributed by atoms with Crippen molar-refractivity contribution in [3.05, 3.63) is 47.9 Å². The van der Waals surface area contributed by atoms with Crippen LogP contribution in [0, 0.1) is 5.82 Å². The molecule has 0 aliphatic heterocycles. The van der Waals surface area contributed by atoms with Crippen LogP contribution in [0.25, 0.3) is 10.8 Å². The molecular formula is C22H25FN6O2. The molecule has 0 saturated heterocycles. The van der Waals surface area contributed by atoms with Gasteiger partial charge in [-0.1, -0.05) is 12.8 Å². The highest BCUT2D eigenvalue weighted by atomic mass is 19.1. The maximum Gasteiger partial charge on any atom is 0.252 e. The van der Waals surface area contributed by atoms with Crippen molar-refractivity contribution < 1.29 is 13.9 Å². The van der Waals surface area contributed by atoms with Crippen molar-refractivity contribution >= 4 is 34.0 Å². The summed E-state index contributed by atoms with van der Waals surface area (Å²) in [5.41, 5.74) is 12.3. The first-order valence-corrected chi connectivity index (χ1v) is 10.2. The second-order valence-electron chi connectivity index (χ2n) is 7.66. The molecule has 4 rings (SSSR count). The highest BCUT2D eigenvalue weighted by Crippen LogP contribution is 2.29. The number of pyridine rings is 2. The van der Waals surface area contributed by atoms with Crippen LogP contribution in [0.3, 0.4) is 0 Å². The average Bonchev–Trinajstić information content (AvgIpc) is 2.76. The lowest BCUT2D eigenvalue weighted by Crippen LogP contribution is -2.43. The molecule has 0 radical (unpaired) electrons. The number of nitrogens with one attached hydrogen (secondary N) is 2. The van der Waals surface area contributed by atoms with Gasteiger partial charge in [0, 0.05) is 29.4 Å². The van der Waals surface area contributed by atoms with Crippen molar-refractivity contribution in [2.75, 3.05) is 17.7 Å². The number of hydrogen-bond acceptors (Lipinski definition) is 7. The molecule has 2 heterocycles. The number of anilines is 3. The zero-order chi connectivity index (χ0) is 22.0. The fourth-order valence-electron chi connectivity index (χ4n) is 3.91. The van der Waals surface area contributed by atoms with E-state index in [1.807, 2.05) is 18.2 Å². The van der Waals surface area contributed by atoms with Gasteiger partial charge in [0.15, 0.2) is 11.6 Å². The van der Waals surface area contributed by atoms with E-state index in [1.54, 1.807) is 19.4 Å². The molecule has 2 unspecified atom stereocenters. The van der Waals surface area contributed by atoms with Crippen LogP contribution < -0.4 is 26.8 Å². The van der Waals surface area contributed by atoms with Crippen LogP contribution in [0.1, 0.15) is 36.0 Å². The summed E-state index contributed by atoms with van der Waals surface area (Å²) in [6, 6.07) is 8.29. The van der Waals surface area contributed by atoms with Gasteiger partial charge in [0.05, 0.1) is 12.7 Å². The highest BCUT2D eigenvalue weighted by molar-refractivity contribution is 5.99. The van der Waals surface area contributed by atoms with E-state index in [-0.39, 0.29) is 29.3 Å². The van der Waals surface area contributed by atoms with Crippen molar-refractivity contribution in [2.24, 2.45) is 11.5 Å². The lowest BCUT2D eigenvalue weighted by Gasteiger charge is -2.30. The first-order valence-electron chi connectivity index (χ1n) is 10.2. The predicted octanol–water partition coefficient (Wildman–Crippen LogP) is 3.30. The van der Waals surface area contributed by atoms with E-state index in [9.17, 15) is 9.18 Å². The van der Waals surface area contributed by atoms with Crippen LogP contribution in [0.5, 0.6) is 5.88 Å². The van der Waals surface area contributed by atoms with Gasteiger partial charge in [0.1, 0.15) is 5.82 Å². The van der Waals surface area contributed by atoms with Crippen molar-refractivity contribution in [3.8, 4) is 5.88 Å². The van der Waals surface area contributed by atoms with E-state index in [0.717, 1.165) is 42.5 Å². The molecule has 1 saturated carbocycles. The van der Waals surface area contributed by atoms with Gasteiger partial charge >= 0.3 is 0 Å². The number of aromatic nitrogens is 2. The first kappa shape index (κ1) is 20.8. The fraction of sp³-hybridized carbons (Fsp3) is 0.318. The smallest absolute Gasteiger partial charge is 0.252 e. The van der Waals surface area contributed by atoms with Crippen LogP contribution in [0.15, 0.2) is 36.5 Å². The van der Waals surface area contributed by atoms with Gasteiger partial charge < -0.3 is 26.8 Å². The molecule has 1 amide bonds. The molecular weight excluding hydrogens is 399 g/mol. The minimum Gasteiger partial charge on any atom is -0.481 e. The SMILES string of the molecule is COc1nccc2cc(Nc3nc(NC4CCCCC4N)c(F)cc3C(N)=O)ccc12. The van der Waals surface area contributed by atoms with Crippen LogP contribution in [-0.4, -0.2) is 35.1 Å². The van der Waals surface area contributed by atoms with E-state index in [0.29, 0.717) is 11.6 Å². The number of carbonyl (C=O) groups excluding carboxylic acids is 1. The molecule has 0 bridgehead atoms. The third-order valence-electron chi connectivity index (χ3n) is 5.57. The van der Waals surface area contributed by atoms with Gasteiger partial charge in [0.2, 0.25) is 5.88 Å². The molecule has 9 heteroatoms. The fourth-order valence-corrected chi connectivity index (χ4v) is 3.91. The number of fused-ring (bicyclic) bond motifs is 1. The number of hydrogen-bond donors (Lipinski definition) is 4. The predicted molar refractivity (Wildman–Crippen MR) is 118 cm³/mol. The Kier molecular flexibility index (Phi) is 5.85. The summed E-state index contributed by atoms with van der Waals surface area (Å²) in [5, 5.41) is 7.92. The van der Waals surface area contributed by atoms with Crippen LogP contribution in [0.4, 0.5) is 21.7 Å². The average molecular weight is 424 g/mol. The Bertz CT molecular complexity index is 1120. The molecule has 1 aliphatic carbocycles. The van der Waals surface area contributed by atoms with E-state index in [2.05, 4.69) is 20.6 Å². The molecule has 31 heavy (non-hydrogen) atoms. The highest BCUT2D eigenvalue weighted by Gasteiger charge is 2.24. The van der Waals surface area contributed by atoms with Gasteiger partial charge in [-0.3, -0.25) is 4.79 Å². The normalized spacial score (nSPS) is 18.5. The standard InChI is InChI=1S/C22H25FN6O2/c1-31-22-14-7-6-13(10-12(14)8-9-26-22)27-20-15(19(25)30)11-16(23)21(29-20)28-18-5-3-2-4-17(18)24/h6-11,17-18H,2-5,24H2,1H3,(H2,25,30)(H2,27,28,29). The molecule has 162 valence electrons. The number of primary amides is 1. The number of halogens is 1. The van der Waals surface area contributed by atoms with E-state index >= 15 is 0 Å². The Morgan fingerprint density at radius 1 is 1.19 bits per heavy atom. The van der Waals surface area contributed by atoms with Gasteiger partial charge in [-0.2, -0.15) is 0 Å². The summed E-state index contributed by atoms with van der Waals surface area (Å²) in [5.74, 6) is -0.701. The van der Waals surface area contributed by atoms with Crippen LogP contribution in [0.2, 0.25) is 0 Å². The Morgan fingerprint density at radius 2 is 2.00 bits per heavy atom. The van der Waals surface area contributed by atoms with Crippen molar-refractivity contribution in [3.63, 3.8) is 0 Å². The molecule has 2 atom stereocenters. The molecule has 6 N–H and O–H groups in total. The molecule has 3 aromatic rings. The Morgan fingerprint density at radius 3 is 2.74 bits per heavy atom. The maximum atomic E-state index is 14.7. The summed E-state index contributed by atoms with van der Waals surface area (Å²) in [7, 11) is 1.56. The summed E-state index contributed by atoms with van der Waals surface area (Å²) in [4.78, 5) is 20.4. The minimum atomic E-state index is -0.776. The summed E-state index contributed by atoms with van der Waals surface area (Å²) in [6.07, 6.45) is 5.44. The molecule has 0 spiro atoms. The lowest BCUT2D eigenvalue weighted by atomic mass is 9.91. The Labute approximate surface area is 179 Å². The topological polar surface area (TPSA) is 128 Å². The second kappa shape index (κ2) is 8.73. The number of ether oxygens (including phenoxy) is 1. The van der Waals surface area contributed by atoms with Crippen LogP contribution in [-0.2, 0) is 0 Å². The monoisotopic (exact) mass is 424 g/mol. The minimum absolute atomic E-state index is 0.0385.